The molecular weight excluding hydrogens is 721 g/mol. The average molecular weight is 770 g/mol. The van der Waals surface area contributed by atoms with Gasteiger partial charge in [0.05, 0.1) is 48.0 Å². The Morgan fingerprint density at radius 3 is 2.62 bits per heavy atom. The summed E-state index contributed by atoms with van der Waals surface area (Å²) in [7, 11) is 0. The third-order valence-electron chi connectivity index (χ3n) is 12.4. The Morgan fingerprint density at radius 1 is 1.04 bits per heavy atom. The van der Waals surface area contributed by atoms with Crippen molar-refractivity contribution in [1.82, 2.24) is 39.6 Å². The molecule has 1 aromatic carbocycles. The first-order valence-corrected chi connectivity index (χ1v) is 20.2. The van der Waals surface area contributed by atoms with Crippen molar-refractivity contribution < 1.29 is 27.8 Å². The molecule has 0 bridgehead atoms. The van der Waals surface area contributed by atoms with E-state index in [-0.39, 0.29) is 35.3 Å². The van der Waals surface area contributed by atoms with E-state index < -0.39 is 12.5 Å². The predicted molar refractivity (Wildman–Crippen MR) is 204 cm³/mol. The molecule has 3 saturated heterocycles. The van der Waals surface area contributed by atoms with Crippen LogP contribution in [-0.4, -0.2) is 104 Å². The number of carbonyl (C=O) groups excluding carboxylic acids is 2. The molecule has 2 amide bonds. The molecule has 296 valence electrons. The van der Waals surface area contributed by atoms with Gasteiger partial charge in [0, 0.05) is 56.2 Å². The number of aromatic nitrogens is 6. The van der Waals surface area contributed by atoms with Crippen LogP contribution in [0.15, 0.2) is 36.7 Å². The van der Waals surface area contributed by atoms with Gasteiger partial charge in [0.1, 0.15) is 24.2 Å². The molecule has 1 unspecified atom stereocenters. The number of piperidine rings is 2. The Balaban J connectivity index is 0.749. The van der Waals surface area contributed by atoms with Crippen molar-refractivity contribution in [2.45, 2.75) is 101 Å². The standard InChI is InChI=1S/C41H49F2N9O4/c1-27-37-29(4-2-6-32(37)51(46-27)33-11-12-35(53)45-40(33)54)5-3-22-55-31-14-19-48(20-15-31)24-28-7-9-30(10-8-28)50-25-34(38(47-50)39(42)43)52-36(13-18-44-52)49-21-23-56-41(26-49)16-17-41/h2,4,6,13,18,25,28,30-31,33,39H,7-12,14-17,19-24,26H2,1H3,(H,45,53,54). The van der Waals surface area contributed by atoms with Crippen LogP contribution in [0.5, 0.6) is 0 Å². The quantitative estimate of drug-likeness (QED) is 0.179. The summed E-state index contributed by atoms with van der Waals surface area (Å²) in [4.78, 5) is 28.9. The van der Waals surface area contributed by atoms with Gasteiger partial charge in [0.15, 0.2) is 5.69 Å². The molecule has 5 fully saturated rings. The number of nitrogens with zero attached hydrogens (tertiary/aromatic N) is 8. The Morgan fingerprint density at radius 2 is 1.86 bits per heavy atom. The maximum atomic E-state index is 14.4. The topological polar surface area (TPSA) is 125 Å². The van der Waals surface area contributed by atoms with E-state index in [1.165, 1.54) is 0 Å². The molecular formula is C41H49F2N9O4. The van der Waals surface area contributed by atoms with Crippen molar-refractivity contribution in [3.63, 3.8) is 0 Å². The molecule has 2 saturated carbocycles. The maximum Gasteiger partial charge on any atom is 0.284 e. The van der Waals surface area contributed by atoms with Gasteiger partial charge in [-0.15, -0.1) is 0 Å². The fraction of sp³-hybridized carbons (Fsp3) is 0.585. The van der Waals surface area contributed by atoms with E-state index in [1.54, 1.807) is 26.4 Å². The lowest BCUT2D eigenvalue weighted by Crippen LogP contribution is -2.44. The lowest BCUT2D eigenvalue weighted by molar-refractivity contribution is -0.135. The maximum absolute atomic E-state index is 14.4. The van der Waals surface area contributed by atoms with Crippen LogP contribution in [-0.2, 0) is 19.1 Å². The van der Waals surface area contributed by atoms with Gasteiger partial charge in [0.2, 0.25) is 5.91 Å². The third-order valence-corrected chi connectivity index (χ3v) is 12.4. The number of nitrogens with one attached hydrogen (secondary N) is 1. The number of benzene rings is 1. The van der Waals surface area contributed by atoms with Gasteiger partial charge >= 0.3 is 0 Å². The molecule has 1 atom stereocenters. The van der Waals surface area contributed by atoms with Gasteiger partial charge in [-0.25, -0.2) is 13.5 Å². The molecule has 2 aliphatic carbocycles. The van der Waals surface area contributed by atoms with E-state index >= 15 is 0 Å². The molecule has 3 aliphatic heterocycles. The Kier molecular flexibility index (Phi) is 10.1. The highest BCUT2D eigenvalue weighted by molar-refractivity contribution is 6.00. The van der Waals surface area contributed by atoms with Crippen LogP contribution >= 0.6 is 0 Å². The first kappa shape index (κ1) is 37.0. The number of morpholine rings is 1. The van der Waals surface area contributed by atoms with Gasteiger partial charge in [0.25, 0.3) is 12.3 Å². The number of ether oxygens (including phenoxy) is 2. The first-order valence-electron chi connectivity index (χ1n) is 20.2. The number of aryl methyl sites for hydroxylation is 1. The fourth-order valence-corrected chi connectivity index (χ4v) is 9.25. The summed E-state index contributed by atoms with van der Waals surface area (Å²) < 4.78 is 46.0. The van der Waals surface area contributed by atoms with E-state index in [0.29, 0.717) is 44.2 Å². The van der Waals surface area contributed by atoms with Gasteiger partial charge in [-0.2, -0.15) is 15.3 Å². The van der Waals surface area contributed by atoms with E-state index in [9.17, 15) is 18.4 Å². The summed E-state index contributed by atoms with van der Waals surface area (Å²) in [6, 6.07) is 7.29. The lowest BCUT2D eigenvalue weighted by Gasteiger charge is -2.36. The summed E-state index contributed by atoms with van der Waals surface area (Å²) >= 11 is 0. The third kappa shape index (κ3) is 7.46. The number of imide groups is 1. The van der Waals surface area contributed by atoms with Crippen molar-refractivity contribution in [2.24, 2.45) is 5.92 Å². The molecule has 0 radical (unpaired) electrons. The number of likely N-dealkylation sites (tertiary alicyclic amines) is 1. The Hall–Kier alpha value is -4.65. The fourth-order valence-electron chi connectivity index (χ4n) is 9.25. The second kappa shape index (κ2) is 15.4. The van der Waals surface area contributed by atoms with E-state index in [4.69, 9.17) is 9.47 Å². The van der Waals surface area contributed by atoms with E-state index in [2.05, 4.69) is 42.3 Å². The Bertz CT molecular complexity index is 2150. The van der Waals surface area contributed by atoms with Crippen molar-refractivity contribution >= 4 is 28.5 Å². The molecule has 13 nitrogen and oxygen atoms in total. The molecule has 9 rings (SSSR count). The number of alkyl halides is 2. The van der Waals surface area contributed by atoms with Crippen LogP contribution in [0.1, 0.15) is 99.7 Å². The van der Waals surface area contributed by atoms with Crippen LogP contribution < -0.4 is 10.2 Å². The first-order chi connectivity index (χ1) is 27.2. The van der Waals surface area contributed by atoms with Gasteiger partial charge in [-0.1, -0.05) is 17.9 Å². The largest absolute Gasteiger partial charge is 0.371 e. The highest BCUT2D eigenvalue weighted by Gasteiger charge is 2.48. The molecule has 15 heteroatoms. The summed E-state index contributed by atoms with van der Waals surface area (Å²) in [5.41, 5.74) is 2.53. The van der Waals surface area contributed by atoms with Crippen molar-refractivity contribution in [3.8, 4) is 17.5 Å². The van der Waals surface area contributed by atoms with Crippen molar-refractivity contribution in [2.75, 3.05) is 50.8 Å². The van der Waals surface area contributed by atoms with Crippen LogP contribution in [0.2, 0.25) is 0 Å². The minimum Gasteiger partial charge on any atom is -0.371 e. The van der Waals surface area contributed by atoms with Crippen molar-refractivity contribution in [3.05, 3.63) is 53.6 Å². The molecule has 5 aliphatic rings. The zero-order valence-electron chi connectivity index (χ0n) is 31.8. The number of carbonyl (C=O) groups is 2. The number of anilines is 1. The smallest absolute Gasteiger partial charge is 0.284 e. The number of fused-ring (bicyclic) bond motifs is 1. The van der Waals surface area contributed by atoms with Gasteiger partial charge in [-0.3, -0.25) is 24.3 Å². The second-order valence-corrected chi connectivity index (χ2v) is 16.2. The molecule has 1 N–H and O–H groups in total. The number of amides is 2. The lowest BCUT2D eigenvalue weighted by atomic mass is 9.85. The van der Waals surface area contributed by atoms with Gasteiger partial charge in [-0.05, 0) is 82.8 Å². The van der Waals surface area contributed by atoms with E-state index in [0.717, 1.165) is 106 Å². The highest BCUT2D eigenvalue weighted by atomic mass is 19.3. The van der Waals surface area contributed by atoms with Crippen molar-refractivity contribution in [1.29, 1.82) is 0 Å². The highest BCUT2D eigenvalue weighted by Crippen LogP contribution is 2.43. The Labute approximate surface area is 324 Å². The second-order valence-electron chi connectivity index (χ2n) is 16.2. The zero-order chi connectivity index (χ0) is 38.4. The predicted octanol–water partition coefficient (Wildman–Crippen LogP) is 5.28. The summed E-state index contributed by atoms with van der Waals surface area (Å²) in [6.45, 7) is 7.34. The molecule has 3 aromatic heterocycles. The van der Waals surface area contributed by atoms with Crippen LogP contribution in [0.3, 0.4) is 0 Å². The number of rotatable bonds is 9. The normalized spacial score (nSPS) is 24.5. The van der Waals surface area contributed by atoms with E-state index in [1.807, 2.05) is 31.2 Å². The van der Waals surface area contributed by atoms with Crippen LogP contribution in [0.25, 0.3) is 16.6 Å². The van der Waals surface area contributed by atoms with Crippen LogP contribution in [0, 0.1) is 24.7 Å². The molecule has 1 spiro atoms. The minimum absolute atomic E-state index is 0.0881. The molecule has 6 heterocycles. The average Bonchev–Trinajstić information content (AvgIpc) is 3.52. The summed E-state index contributed by atoms with van der Waals surface area (Å²) in [6.07, 6.45) is 9.54. The SMILES string of the molecule is Cc1nn(C2CCC(=O)NC2=O)c2cccc(C#CCOC3CCN(CC4CCC(n5cc(-n6nccc6N6CCOC7(CC7)C6)c(C(F)F)n5)CC4)CC3)c12. The van der Waals surface area contributed by atoms with Crippen LogP contribution in [0.4, 0.5) is 14.6 Å². The zero-order valence-corrected chi connectivity index (χ0v) is 31.8. The molecule has 56 heavy (non-hydrogen) atoms. The number of hydrogen-bond acceptors (Lipinski definition) is 9. The molecule has 4 aromatic rings. The van der Waals surface area contributed by atoms with Gasteiger partial charge < -0.3 is 19.3 Å². The number of hydrogen-bond donors (Lipinski definition) is 1. The minimum atomic E-state index is -2.69. The summed E-state index contributed by atoms with van der Waals surface area (Å²) in [5.74, 6) is 7.28. The summed E-state index contributed by atoms with van der Waals surface area (Å²) in [5, 5.41) is 16.9. The number of halogens is 2. The monoisotopic (exact) mass is 769 g/mol.